The van der Waals surface area contributed by atoms with Gasteiger partial charge in [0.1, 0.15) is 0 Å². The first-order chi connectivity index (χ1) is 0. The molecule has 0 aliphatic carbocycles. The van der Waals surface area contributed by atoms with Crippen LogP contribution in [0.4, 0.5) is 0 Å². The Bertz CT molecular complexity index is 8.00. The van der Waals surface area contributed by atoms with E-state index in [9.17, 15) is 0 Å². The van der Waals surface area contributed by atoms with E-state index in [1.165, 1.54) is 0 Å². The van der Waals surface area contributed by atoms with Gasteiger partial charge in [0.2, 0.25) is 0 Å². The summed E-state index contributed by atoms with van der Waals surface area (Å²) < 4.78 is 0. The Balaban J connectivity index is 0. The molecule has 0 aromatic carbocycles. The van der Waals surface area contributed by atoms with E-state index in [-0.39, 0.29) is 75.0 Å². The first-order valence-corrected chi connectivity index (χ1v) is 0. The largest absolute Gasteiger partial charge is 0 e. The Morgan fingerprint density at radius 1 is 1.00 bits per heavy atom. The molecule has 0 unspecified atom stereocenters. The van der Waals surface area contributed by atoms with Crippen LogP contribution in [0.2, 0.25) is 0 Å². The van der Waals surface area contributed by atoms with Crippen LogP contribution in [0.3, 0.4) is 0 Å². The van der Waals surface area contributed by atoms with Crippen LogP contribution >= 0.6 is 0 Å². The summed E-state index contributed by atoms with van der Waals surface area (Å²) in [6.45, 7) is 0. The molecule has 0 spiro atoms. The molecule has 0 aliphatic rings. The van der Waals surface area contributed by atoms with Gasteiger partial charge in [-0.15, -0.1) is 0 Å². The molecule has 0 fully saturated rings. The van der Waals surface area contributed by atoms with E-state index < -0.39 is 0 Å². The van der Waals surface area contributed by atoms with Crippen molar-refractivity contribution in [1.29, 1.82) is 0 Å². The molecule has 4 heavy (non-hydrogen) atoms. The van der Waals surface area contributed by atoms with Gasteiger partial charge in [-0.05, 0) is 0 Å². The summed E-state index contributed by atoms with van der Waals surface area (Å²) in [6.07, 6.45) is 0. The maximum Gasteiger partial charge on any atom is 0 e. The monoisotopic (exact) mass is 422 g/mol. The molecule has 4 heteroatoms. The number of hydrogen-bond acceptors (Lipinski definition) is 0. The van der Waals surface area contributed by atoms with Crippen molar-refractivity contribution in [3.8, 4) is 0 Å². The minimum absolute atomic E-state index is 0. The van der Waals surface area contributed by atoms with Crippen LogP contribution in [0.25, 0.3) is 0 Å². The fraction of sp³-hybridized carbons (Fsp3) is 0. The van der Waals surface area contributed by atoms with Crippen molar-refractivity contribution in [3.05, 3.63) is 0 Å². The van der Waals surface area contributed by atoms with Crippen LogP contribution in [-0.2, 0) is 75.0 Å². The van der Waals surface area contributed by atoms with Crippen molar-refractivity contribution < 1.29 is 75.0 Å². The average molecular weight is 424 g/mol. The summed E-state index contributed by atoms with van der Waals surface area (Å²) in [6, 6.07) is 0. The fourth-order valence-electron chi connectivity index (χ4n) is 0. The second kappa shape index (κ2) is 18.3. The summed E-state index contributed by atoms with van der Waals surface area (Å²) in [4.78, 5) is 0. The van der Waals surface area contributed by atoms with Crippen molar-refractivity contribution in [2.45, 2.75) is 0 Å². The van der Waals surface area contributed by atoms with E-state index in [1.54, 1.807) is 0 Å². The minimum atomic E-state index is 0. The molecule has 0 nitrogen and oxygen atoms in total. The Hall–Kier alpha value is 2.36. The molecule has 0 aromatic heterocycles. The molecule has 0 saturated carbocycles. The quantitative estimate of drug-likeness (QED) is 0.481. The van der Waals surface area contributed by atoms with Crippen molar-refractivity contribution in [2.24, 2.45) is 0 Å². The third-order valence-electron chi connectivity index (χ3n) is 0. The topological polar surface area (TPSA) is 0 Å². The van der Waals surface area contributed by atoms with Gasteiger partial charge >= 0.3 is 0 Å². The Morgan fingerprint density at radius 2 is 1.00 bits per heavy atom. The molecule has 0 rings (SSSR count). The summed E-state index contributed by atoms with van der Waals surface area (Å²) in [5.41, 5.74) is 0. The maximum atomic E-state index is 0. The molecule has 0 aliphatic heterocycles. The van der Waals surface area contributed by atoms with Gasteiger partial charge in [-0.2, -0.15) is 0 Å². The summed E-state index contributed by atoms with van der Waals surface area (Å²) in [5, 5.41) is 0. The van der Waals surface area contributed by atoms with Gasteiger partial charge in [0.25, 0.3) is 0 Å². The molecule has 0 heterocycles. The second-order valence-corrected chi connectivity index (χ2v) is 0. The second-order valence-electron chi connectivity index (χ2n) is 0. The maximum absolute atomic E-state index is 0. The first kappa shape index (κ1) is 32.8. The molecule has 1 radical (unpaired) electrons. The zero-order valence-electron chi connectivity index (χ0n) is 1.25. The Morgan fingerprint density at radius 3 is 1.00 bits per heavy atom. The normalized spacial score (nSPS) is 0. The molecule has 0 aromatic rings. The van der Waals surface area contributed by atoms with Crippen molar-refractivity contribution in [3.63, 3.8) is 0 Å². The zero-order valence-corrected chi connectivity index (χ0v) is 7.01. The van der Waals surface area contributed by atoms with Crippen LogP contribution in [-0.4, -0.2) is 0 Å². The van der Waals surface area contributed by atoms with Gasteiger partial charge < -0.3 is 0 Å². The van der Waals surface area contributed by atoms with E-state index in [2.05, 4.69) is 0 Å². The molecule has 0 bridgehead atoms. The van der Waals surface area contributed by atoms with Gasteiger partial charge in [-0.25, -0.2) is 0 Å². The predicted molar refractivity (Wildman–Crippen MR) is 0 cm³/mol. The van der Waals surface area contributed by atoms with E-state index in [0.29, 0.717) is 0 Å². The summed E-state index contributed by atoms with van der Waals surface area (Å²) >= 11 is 0. The van der Waals surface area contributed by atoms with Gasteiger partial charge in [0.05, 0.1) is 0 Å². The predicted octanol–water partition coefficient (Wildman–Crippen LogP) is -0.0100. The van der Waals surface area contributed by atoms with E-state index in [4.69, 9.17) is 0 Å². The summed E-state index contributed by atoms with van der Waals surface area (Å²) in [7, 11) is 0. The van der Waals surface area contributed by atoms with Crippen LogP contribution in [0, 0.1) is 0 Å². The molecule has 41 valence electrons. The van der Waals surface area contributed by atoms with Crippen LogP contribution in [0.1, 0.15) is 0 Å². The Kier molecular flexibility index (Phi) is 150. The third-order valence-corrected chi connectivity index (χ3v) is 0. The summed E-state index contributed by atoms with van der Waals surface area (Å²) in [5.74, 6) is 0. The molecular formula is CuNiPdPt. The van der Waals surface area contributed by atoms with Gasteiger partial charge in [0, 0.05) is 75.0 Å². The standard InChI is InChI=1S/Cu.Ni.Pd.Pt. The first-order valence-electron chi connectivity index (χ1n) is 0. The van der Waals surface area contributed by atoms with E-state index >= 15 is 0 Å². The fourth-order valence-corrected chi connectivity index (χ4v) is 0. The van der Waals surface area contributed by atoms with Crippen LogP contribution in [0.5, 0.6) is 0 Å². The van der Waals surface area contributed by atoms with Crippen LogP contribution in [0.15, 0.2) is 0 Å². The SMILES string of the molecule is [Cu].[Ni].[Pd].[Pt]. The molecule has 0 N–H and O–H groups in total. The molecule has 0 saturated heterocycles. The Labute approximate surface area is 74.2 Å². The van der Waals surface area contributed by atoms with Crippen molar-refractivity contribution in [2.75, 3.05) is 0 Å². The van der Waals surface area contributed by atoms with E-state index in [0.717, 1.165) is 0 Å². The molecule has 0 atom stereocenters. The van der Waals surface area contributed by atoms with Crippen molar-refractivity contribution in [1.82, 2.24) is 0 Å². The third kappa shape index (κ3) is 8.84. The van der Waals surface area contributed by atoms with Gasteiger partial charge in [0.15, 0.2) is 0 Å². The van der Waals surface area contributed by atoms with Crippen LogP contribution < -0.4 is 0 Å². The smallest absolute Gasteiger partial charge is 0 e. The van der Waals surface area contributed by atoms with Gasteiger partial charge in [-0.3, -0.25) is 0 Å². The molecule has 0 amide bonds. The minimum Gasteiger partial charge on any atom is 0 e. The number of rotatable bonds is 0. The average Bonchev–Trinajstić information content (AvgIpc) is 0. The molecular weight excluding hydrogens is 424 g/mol. The van der Waals surface area contributed by atoms with Gasteiger partial charge in [-0.1, -0.05) is 0 Å². The zero-order chi connectivity index (χ0) is 0. The van der Waals surface area contributed by atoms with Crippen molar-refractivity contribution >= 4 is 0 Å². The van der Waals surface area contributed by atoms with E-state index in [1.807, 2.05) is 0 Å². The number of hydrogen-bond donors (Lipinski definition) is 0.